The molecule has 174 valence electrons. The first-order chi connectivity index (χ1) is 15.8. The van der Waals surface area contributed by atoms with Crippen LogP contribution in [0, 0.1) is 5.92 Å². The van der Waals surface area contributed by atoms with Crippen LogP contribution in [0.15, 0.2) is 22.9 Å². The highest BCUT2D eigenvalue weighted by atomic mass is 32.1. The Hall–Kier alpha value is -0.760. The molecule has 4 unspecified atom stereocenters. The van der Waals surface area contributed by atoms with Crippen molar-refractivity contribution in [2.75, 3.05) is 45.9 Å². The predicted molar refractivity (Wildman–Crippen MR) is 132 cm³/mol. The van der Waals surface area contributed by atoms with E-state index in [9.17, 15) is 0 Å². The van der Waals surface area contributed by atoms with Crippen LogP contribution in [-0.2, 0) is 22.3 Å². The molecular weight excluding hydrogens is 436 g/mol. The van der Waals surface area contributed by atoms with Gasteiger partial charge in [0.05, 0.1) is 24.9 Å². The molecule has 2 fully saturated rings. The fourth-order valence-corrected chi connectivity index (χ4v) is 8.16. The van der Waals surface area contributed by atoms with Crippen molar-refractivity contribution in [3.05, 3.63) is 43.8 Å². The lowest BCUT2D eigenvalue weighted by Gasteiger charge is -2.38. The monoisotopic (exact) mass is 472 g/mol. The Morgan fingerprint density at radius 2 is 1.56 bits per heavy atom. The molecule has 0 saturated carbocycles. The van der Waals surface area contributed by atoms with Crippen LogP contribution in [0.1, 0.15) is 65.2 Å². The van der Waals surface area contributed by atoms with E-state index in [2.05, 4.69) is 32.7 Å². The van der Waals surface area contributed by atoms with Crippen LogP contribution < -0.4 is 0 Å². The van der Waals surface area contributed by atoms with Gasteiger partial charge in [-0.15, -0.1) is 22.7 Å². The molecule has 4 nitrogen and oxygen atoms in total. The van der Waals surface area contributed by atoms with E-state index in [0.717, 1.165) is 39.1 Å². The first-order valence-corrected chi connectivity index (χ1v) is 14.4. The summed E-state index contributed by atoms with van der Waals surface area (Å²) in [6, 6.07) is 4.62. The van der Waals surface area contributed by atoms with Crippen molar-refractivity contribution in [1.29, 1.82) is 0 Å². The van der Waals surface area contributed by atoms with Crippen LogP contribution in [0.5, 0.6) is 0 Å². The average molecular weight is 473 g/mol. The van der Waals surface area contributed by atoms with E-state index in [1.807, 2.05) is 22.7 Å². The summed E-state index contributed by atoms with van der Waals surface area (Å²) >= 11 is 3.86. The van der Waals surface area contributed by atoms with Gasteiger partial charge in [-0.25, -0.2) is 0 Å². The molecule has 2 aromatic heterocycles. The van der Waals surface area contributed by atoms with E-state index in [-0.39, 0.29) is 12.2 Å². The third-order valence-electron chi connectivity index (χ3n) is 7.99. The molecule has 6 heteroatoms. The lowest BCUT2D eigenvalue weighted by atomic mass is 9.90. The Morgan fingerprint density at radius 3 is 2.44 bits per heavy atom. The molecule has 6 heterocycles. The van der Waals surface area contributed by atoms with Gasteiger partial charge in [-0.1, -0.05) is 6.42 Å². The predicted octanol–water partition coefficient (Wildman–Crippen LogP) is 5.30. The van der Waals surface area contributed by atoms with E-state index in [1.54, 1.807) is 9.75 Å². The van der Waals surface area contributed by atoms with E-state index in [0.29, 0.717) is 12.0 Å². The molecule has 32 heavy (non-hydrogen) atoms. The molecule has 0 aromatic carbocycles. The van der Waals surface area contributed by atoms with Gasteiger partial charge in [-0.3, -0.25) is 0 Å². The normalized spacial score (nSPS) is 31.9. The van der Waals surface area contributed by atoms with E-state index in [4.69, 9.17) is 9.47 Å². The molecule has 6 rings (SSSR count). The fourth-order valence-electron chi connectivity index (χ4n) is 6.27. The summed E-state index contributed by atoms with van der Waals surface area (Å²) in [5.41, 5.74) is 2.93. The Morgan fingerprint density at radius 1 is 0.844 bits per heavy atom. The van der Waals surface area contributed by atoms with Gasteiger partial charge in [-0.2, -0.15) is 0 Å². The minimum atomic E-state index is 0.253. The van der Waals surface area contributed by atoms with Gasteiger partial charge >= 0.3 is 0 Å². The van der Waals surface area contributed by atoms with Gasteiger partial charge in [0.1, 0.15) is 0 Å². The summed E-state index contributed by atoms with van der Waals surface area (Å²) in [6.45, 7) is 7.83. The van der Waals surface area contributed by atoms with Crippen LogP contribution in [0.25, 0.3) is 0 Å². The van der Waals surface area contributed by atoms with Gasteiger partial charge in [0.25, 0.3) is 0 Å². The van der Waals surface area contributed by atoms with Crippen LogP contribution in [0.2, 0.25) is 0 Å². The number of rotatable bonds is 5. The van der Waals surface area contributed by atoms with Gasteiger partial charge in [0.15, 0.2) is 0 Å². The number of thiophene rings is 2. The van der Waals surface area contributed by atoms with Crippen molar-refractivity contribution >= 4 is 22.7 Å². The van der Waals surface area contributed by atoms with Crippen molar-refractivity contribution in [2.24, 2.45) is 5.92 Å². The number of likely N-dealkylation sites (tertiary alicyclic amines) is 2. The summed E-state index contributed by atoms with van der Waals surface area (Å²) in [5, 5.41) is 4.53. The number of fused-ring (bicyclic) bond motifs is 2. The fraction of sp³-hybridized carbons (Fsp3) is 0.692. The molecule has 2 saturated heterocycles. The second kappa shape index (κ2) is 9.85. The number of hydrogen-bond acceptors (Lipinski definition) is 6. The summed E-state index contributed by atoms with van der Waals surface area (Å²) in [6.07, 6.45) is 9.69. The van der Waals surface area contributed by atoms with E-state index >= 15 is 0 Å². The van der Waals surface area contributed by atoms with Crippen molar-refractivity contribution < 1.29 is 9.47 Å². The number of ether oxygens (including phenoxy) is 2. The van der Waals surface area contributed by atoms with Crippen LogP contribution in [0.3, 0.4) is 0 Å². The van der Waals surface area contributed by atoms with Gasteiger partial charge in [-0.05, 0) is 85.3 Å². The minimum absolute atomic E-state index is 0.253. The second-order valence-corrected chi connectivity index (χ2v) is 12.1. The molecule has 4 aliphatic rings. The molecule has 0 radical (unpaired) electrons. The third-order valence-corrected chi connectivity index (χ3v) is 9.95. The lowest BCUT2D eigenvalue weighted by Crippen LogP contribution is -2.42. The molecule has 2 aromatic rings. The number of nitrogens with zero attached hydrogens (tertiary/aromatic N) is 2. The zero-order chi connectivity index (χ0) is 21.3. The van der Waals surface area contributed by atoms with Crippen LogP contribution >= 0.6 is 22.7 Å². The molecule has 0 spiro atoms. The molecule has 4 aliphatic heterocycles. The summed E-state index contributed by atoms with van der Waals surface area (Å²) < 4.78 is 13.2. The molecule has 0 bridgehead atoms. The highest BCUT2D eigenvalue weighted by molar-refractivity contribution is 7.10. The smallest absolute Gasteiger partial charge is 0.0966 e. The summed E-state index contributed by atoms with van der Waals surface area (Å²) in [7, 11) is 0. The zero-order valence-corrected chi connectivity index (χ0v) is 20.7. The minimum Gasteiger partial charge on any atom is -0.372 e. The zero-order valence-electron chi connectivity index (χ0n) is 19.0. The molecule has 0 amide bonds. The van der Waals surface area contributed by atoms with Crippen molar-refractivity contribution in [2.45, 2.75) is 63.3 Å². The highest BCUT2D eigenvalue weighted by Crippen LogP contribution is 2.39. The molecule has 4 atom stereocenters. The quantitative estimate of drug-likeness (QED) is 0.589. The Kier molecular flexibility index (Phi) is 6.69. The SMILES string of the molecule is c1cc2c(s1)CCOC2CN1CCCCC(C2Cc3sccc3C(CN3CCCC3)O2)C1. The Labute approximate surface area is 200 Å². The second-order valence-electron chi connectivity index (χ2n) is 10.1. The molecular formula is C26H36N2O2S2. The summed E-state index contributed by atoms with van der Waals surface area (Å²) in [5.74, 6) is 0.624. The maximum atomic E-state index is 6.92. The van der Waals surface area contributed by atoms with Crippen LogP contribution in [0.4, 0.5) is 0 Å². The average Bonchev–Trinajstić information content (AvgIpc) is 3.55. The van der Waals surface area contributed by atoms with Crippen LogP contribution in [-0.4, -0.2) is 61.8 Å². The highest BCUT2D eigenvalue weighted by Gasteiger charge is 2.36. The van der Waals surface area contributed by atoms with Gasteiger partial charge in [0, 0.05) is 42.2 Å². The largest absolute Gasteiger partial charge is 0.372 e. The topological polar surface area (TPSA) is 24.9 Å². The lowest BCUT2D eigenvalue weighted by molar-refractivity contribution is -0.0729. The Bertz CT molecular complexity index is 890. The molecule has 0 aliphatic carbocycles. The third kappa shape index (κ3) is 4.59. The van der Waals surface area contributed by atoms with E-state index < -0.39 is 0 Å². The standard InChI is InChI=1S/C26H36N2O2S2/c1-2-11-28(17-23-20-7-13-31-25(20)6-12-29-23)16-19(5-1)22-15-26-21(8-14-32-26)24(30-22)18-27-9-3-4-10-27/h7-8,13-14,19,22-24H,1-6,9-12,15-18H2. The van der Waals surface area contributed by atoms with Gasteiger partial charge in [0.2, 0.25) is 0 Å². The van der Waals surface area contributed by atoms with Crippen molar-refractivity contribution in [1.82, 2.24) is 9.80 Å². The first kappa shape index (κ1) is 21.8. The van der Waals surface area contributed by atoms with Crippen molar-refractivity contribution in [3.8, 4) is 0 Å². The first-order valence-electron chi connectivity index (χ1n) is 12.7. The van der Waals surface area contributed by atoms with Crippen molar-refractivity contribution in [3.63, 3.8) is 0 Å². The summed E-state index contributed by atoms with van der Waals surface area (Å²) in [4.78, 5) is 8.43. The maximum Gasteiger partial charge on any atom is 0.0966 e. The van der Waals surface area contributed by atoms with E-state index in [1.165, 1.54) is 62.9 Å². The molecule has 0 N–H and O–H groups in total. The maximum absolute atomic E-state index is 6.92. The number of hydrogen-bond donors (Lipinski definition) is 0. The Balaban J connectivity index is 1.15. The van der Waals surface area contributed by atoms with Gasteiger partial charge < -0.3 is 19.3 Å².